The minimum atomic E-state index is -0.244. The Labute approximate surface area is 195 Å². The van der Waals surface area contributed by atoms with Crippen molar-refractivity contribution in [2.24, 2.45) is 4.99 Å². The summed E-state index contributed by atoms with van der Waals surface area (Å²) >= 11 is 13.4. The number of carbonyl (C=O) groups is 2. The quantitative estimate of drug-likeness (QED) is 0.558. The third-order valence-corrected chi connectivity index (χ3v) is 6.81. The summed E-state index contributed by atoms with van der Waals surface area (Å²) in [5.74, 6) is 0.0728. The Hall–Kier alpha value is -2.28. The van der Waals surface area contributed by atoms with E-state index in [-0.39, 0.29) is 23.3 Å². The minimum Gasteiger partial charge on any atom is -0.342 e. The van der Waals surface area contributed by atoms with Crippen molar-refractivity contribution in [1.82, 2.24) is 4.90 Å². The van der Waals surface area contributed by atoms with Gasteiger partial charge in [0, 0.05) is 13.1 Å². The van der Waals surface area contributed by atoms with Crippen LogP contribution in [0.4, 0.5) is 5.69 Å². The highest BCUT2D eigenvalue weighted by Gasteiger charge is 2.33. The van der Waals surface area contributed by atoms with Crippen molar-refractivity contribution in [3.8, 4) is 0 Å². The van der Waals surface area contributed by atoms with E-state index in [2.05, 4.69) is 4.99 Å². The van der Waals surface area contributed by atoms with E-state index in [1.165, 1.54) is 11.8 Å². The van der Waals surface area contributed by atoms with E-state index in [1.807, 2.05) is 36.1 Å². The molecule has 2 heterocycles. The van der Waals surface area contributed by atoms with E-state index >= 15 is 0 Å². The number of anilines is 1. The second kappa shape index (κ2) is 9.47. The number of benzene rings is 2. The Morgan fingerprint density at radius 2 is 1.81 bits per heavy atom. The summed E-state index contributed by atoms with van der Waals surface area (Å²) in [5.41, 5.74) is 2.82. The predicted octanol–water partition coefficient (Wildman–Crippen LogP) is 5.40. The summed E-state index contributed by atoms with van der Waals surface area (Å²) in [6.45, 7) is 3.59. The molecule has 160 valence electrons. The van der Waals surface area contributed by atoms with Crippen molar-refractivity contribution in [2.75, 3.05) is 23.7 Å². The summed E-state index contributed by atoms with van der Waals surface area (Å²) < 4.78 is 0. The maximum Gasteiger partial charge on any atom is 0.283 e. The number of likely N-dealkylation sites (tertiary alicyclic amines) is 1. The molecule has 0 saturated carbocycles. The van der Waals surface area contributed by atoms with Crippen molar-refractivity contribution < 1.29 is 9.59 Å². The normalized spacial score (nSPS) is 17.6. The summed E-state index contributed by atoms with van der Waals surface area (Å²) in [6.07, 6.45) is 3.77. The van der Waals surface area contributed by atoms with Crippen LogP contribution in [-0.4, -0.2) is 40.7 Å². The molecule has 0 radical (unpaired) electrons. The molecule has 2 aromatic carbocycles. The molecule has 0 spiro atoms. The van der Waals surface area contributed by atoms with E-state index in [0.717, 1.165) is 37.1 Å². The highest BCUT2D eigenvalue weighted by atomic mass is 35.5. The first kappa shape index (κ1) is 21.9. The fraction of sp³-hybridized carbons (Fsp3) is 0.261. The number of hydrogen-bond acceptors (Lipinski definition) is 4. The molecular weight excluding hydrogens is 453 g/mol. The van der Waals surface area contributed by atoms with Gasteiger partial charge >= 0.3 is 0 Å². The molecule has 8 heteroatoms. The molecule has 0 bridgehead atoms. The van der Waals surface area contributed by atoms with Crippen LogP contribution in [0.2, 0.25) is 10.0 Å². The van der Waals surface area contributed by atoms with Crippen molar-refractivity contribution >= 4 is 63.7 Å². The molecule has 2 aromatic rings. The van der Waals surface area contributed by atoms with Gasteiger partial charge in [-0.3, -0.25) is 14.5 Å². The Morgan fingerprint density at radius 3 is 2.48 bits per heavy atom. The van der Waals surface area contributed by atoms with Gasteiger partial charge in [-0.25, -0.2) is 4.99 Å². The molecule has 1 fully saturated rings. The smallest absolute Gasteiger partial charge is 0.283 e. The Kier molecular flexibility index (Phi) is 6.70. The summed E-state index contributed by atoms with van der Waals surface area (Å²) in [7, 11) is 0. The zero-order chi connectivity index (χ0) is 22.0. The van der Waals surface area contributed by atoms with Gasteiger partial charge in [-0.15, -0.1) is 0 Å². The predicted molar refractivity (Wildman–Crippen MR) is 129 cm³/mol. The number of nitrogens with zero attached hydrogens (tertiary/aromatic N) is 3. The van der Waals surface area contributed by atoms with E-state index < -0.39 is 0 Å². The highest BCUT2D eigenvalue weighted by Crippen LogP contribution is 2.31. The van der Waals surface area contributed by atoms with Gasteiger partial charge in [-0.05, 0) is 55.7 Å². The number of rotatable bonds is 4. The van der Waals surface area contributed by atoms with Gasteiger partial charge in [0.05, 0.1) is 21.5 Å². The molecule has 1 saturated heterocycles. The van der Waals surface area contributed by atoms with Crippen LogP contribution in [0.1, 0.15) is 24.0 Å². The van der Waals surface area contributed by atoms with Gasteiger partial charge in [0.15, 0.2) is 5.17 Å². The second-order valence-electron chi connectivity index (χ2n) is 7.45. The monoisotopic (exact) mass is 473 g/mol. The van der Waals surface area contributed by atoms with E-state index in [1.54, 1.807) is 29.2 Å². The third-order valence-electron chi connectivity index (χ3n) is 5.15. The maximum atomic E-state index is 13.2. The van der Waals surface area contributed by atoms with Gasteiger partial charge < -0.3 is 4.90 Å². The molecule has 2 aliphatic heterocycles. The van der Waals surface area contributed by atoms with Gasteiger partial charge in [-0.2, -0.15) is 0 Å². The van der Waals surface area contributed by atoms with Crippen LogP contribution in [0, 0.1) is 6.92 Å². The van der Waals surface area contributed by atoms with Gasteiger partial charge in [0.2, 0.25) is 5.91 Å². The lowest BCUT2D eigenvalue weighted by Gasteiger charge is -2.19. The average molecular weight is 474 g/mol. The first-order valence-corrected chi connectivity index (χ1v) is 11.7. The van der Waals surface area contributed by atoms with Crippen molar-refractivity contribution in [3.63, 3.8) is 0 Å². The van der Waals surface area contributed by atoms with Crippen molar-refractivity contribution in [1.29, 1.82) is 0 Å². The van der Waals surface area contributed by atoms with E-state index in [4.69, 9.17) is 23.2 Å². The maximum absolute atomic E-state index is 13.2. The van der Waals surface area contributed by atoms with Gasteiger partial charge in [0.25, 0.3) is 5.91 Å². The standard InChI is InChI=1S/C23H21Cl2N3O2S/c1-15-4-7-17(8-5-15)28-22(30)20(13-16-6-9-18(24)19(25)12-16)26-23(28)31-14-21(29)27-10-2-3-11-27/h4-9,12-13H,2-3,10-11,14H2,1H3. The summed E-state index contributed by atoms with van der Waals surface area (Å²) in [6, 6.07) is 12.8. The first-order chi connectivity index (χ1) is 14.9. The zero-order valence-corrected chi connectivity index (χ0v) is 19.3. The number of carbonyl (C=O) groups excluding carboxylic acids is 2. The molecule has 0 N–H and O–H groups in total. The number of amidine groups is 1. The fourth-order valence-corrected chi connectivity index (χ4v) is 4.68. The van der Waals surface area contributed by atoms with Crippen LogP contribution in [0.15, 0.2) is 53.2 Å². The van der Waals surface area contributed by atoms with Crippen LogP contribution in [0.25, 0.3) is 6.08 Å². The molecule has 0 atom stereocenters. The third kappa shape index (κ3) is 4.97. The fourth-order valence-electron chi connectivity index (χ4n) is 3.46. The average Bonchev–Trinajstić information content (AvgIpc) is 3.39. The molecule has 31 heavy (non-hydrogen) atoms. The molecule has 0 unspecified atom stereocenters. The zero-order valence-electron chi connectivity index (χ0n) is 17.0. The van der Waals surface area contributed by atoms with Crippen LogP contribution >= 0.6 is 35.0 Å². The first-order valence-electron chi connectivity index (χ1n) is 9.99. The second-order valence-corrected chi connectivity index (χ2v) is 9.21. The van der Waals surface area contributed by atoms with Gasteiger partial charge in [-0.1, -0.05) is 58.7 Å². The van der Waals surface area contributed by atoms with Crippen molar-refractivity contribution in [3.05, 3.63) is 69.3 Å². The lowest BCUT2D eigenvalue weighted by molar-refractivity contribution is -0.127. The summed E-state index contributed by atoms with van der Waals surface area (Å²) in [4.78, 5) is 33.7. The molecule has 0 aliphatic carbocycles. The lowest BCUT2D eigenvalue weighted by Crippen LogP contribution is -2.33. The molecule has 0 aromatic heterocycles. The lowest BCUT2D eigenvalue weighted by atomic mass is 10.2. The molecule has 5 nitrogen and oxygen atoms in total. The number of thioether (sulfide) groups is 1. The topological polar surface area (TPSA) is 53.0 Å². The Morgan fingerprint density at radius 1 is 1.10 bits per heavy atom. The number of aryl methyl sites for hydroxylation is 1. The minimum absolute atomic E-state index is 0.0726. The molecular formula is C23H21Cl2N3O2S. The van der Waals surface area contributed by atoms with E-state index in [0.29, 0.717) is 20.9 Å². The highest BCUT2D eigenvalue weighted by molar-refractivity contribution is 8.14. The van der Waals surface area contributed by atoms with E-state index in [9.17, 15) is 9.59 Å². The van der Waals surface area contributed by atoms with Crippen LogP contribution in [0.5, 0.6) is 0 Å². The molecule has 4 rings (SSSR count). The molecule has 2 amide bonds. The number of halogens is 2. The SMILES string of the molecule is Cc1ccc(N2C(=O)C(=Cc3ccc(Cl)c(Cl)c3)N=C2SCC(=O)N2CCCC2)cc1. The Balaban J connectivity index is 1.62. The number of aliphatic imine (C=N–C) groups is 1. The number of hydrogen-bond donors (Lipinski definition) is 0. The van der Waals surface area contributed by atoms with Crippen LogP contribution < -0.4 is 4.90 Å². The Bertz CT molecular complexity index is 1080. The largest absolute Gasteiger partial charge is 0.342 e. The number of amides is 2. The van der Waals surface area contributed by atoms with Gasteiger partial charge in [0.1, 0.15) is 5.70 Å². The van der Waals surface area contributed by atoms with Crippen LogP contribution in [-0.2, 0) is 9.59 Å². The van der Waals surface area contributed by atoms with Crippen LogP contribution in [0.3, 0.4) is 0 Å². The van der Waals surface area contributed by atoms with Crippen molar-refractivity contribution in [2.45, 2.75) is 19.8 Å². The summed E-state index contributed by atoms with van der Waals surface area (Å²) in [5, 5.41) is 1.35. The molecule has 2 aliphatic rings.